The van der Waals surface area contributed by atoms with E-state index in [-0.39, 0.29) is 0 Å². The lowest BCUT2D eigenvalue weighted by Crippen LogP contribution is -1.94. The van der Waals surface area contributed by atoms with E-state index >= 15 is 0 Å². The Balaban J connectivity index is -0.000000116. The van der Waals surface area contributed by atoms with Crippen LogP contribution in [0.15, 0.2) is 30.3 Å². The molecule has 0 aromatic heterocycles. The minimum absolute atomic E-state index is 0.479. The lowest BCUT2D eigenvalue weighted by molar-refractivity contribution is -0.272. The molecular weight excluding hydrogens is 617 g/mol. The molecule has 0 bridgehead atoms. The van der Waals surface area contributed by atoms with Crippen molar-refractivity contribution in [2.45, 2.75) is 202 Å². The van der Waals surface area contributed by atoms with Crippen LogP contribution in [0.5, 0.6) is 0 Å². The fourth-order valence-electron chi connectivity index (χ4n) is 4.16. The van der Waals surface area contributed by atoms with Gasteiger partial charge in [0.25, 0.3) is 0 Å². The third kappa shape index (κ3) is 97.1. The molecule has 0 aliphatic rings. The largest absolute Gasteiger partial charge is 0.252 e. The van der Waals surface area contributed by atoms with Crippen molar-refractivity contribution in [3.05, 3.63) is 35.9 Å². The van der Waals surface area contributed by atoms with Gasteiger partial charge in [-0.2, -0.15) is 0 Å². The number of hydrogen-bond acceptors (Lipinski definition) is 4. The number of hydrogen-bond donors (Lipinski definition) is 1. The SMILES string of the molecule is CC(C)C.CC(C)CC(C)C.CC(C)CCCCOO.CC(C)Cc1ccccc1.CCC.CCCCC(C)C.COOCCCCC(C)C. The van der Waals surface area contributed by atoms with E-state index in [9.17, 15) is 0 Å². The first-order valence-corrected chi connectivity index (χ1v) is 20.8. The molecule has 0 fully saturated rings. The highest BCUT2D eigenvalue weighted by atomic mass is 17.2. The highest BCUT2D eigenvalue weighted by Gasteiger charge is 1.96. The molecule has 0 amide bonds. The number of rotatable bonds is 18. The predicted octanol–water partition coefficient (Wildman–Crippen LogP) is 16.2. The van der Waals surface area contributed by atoms with E-state index in [0.717, 1.165) is 67.3 Å². The molecule has 4 nitrogen and oxygen atoms in total. The minimum atomic E-state index is 0.479. The molecule has 4 heteroatoms. The quantitative estimate of drug-likeness (QED) is 0.0934. The van der Waals surface area contributed by atoms with Crippen molar-refractivity contribution in [2.75, 3.05) is 20.3 Å². The Hall–Kier alpha value is -0.940. The van der Waals surface area contributed by atoms with E-state index in [4.69, 9.17) is 10.1 Å². The van der Waals surface area contributed by atoms with Crippen LogP contribution in [0, 0.1) is 41.4 Å². The third-order valence-corrected chi connectivity index (χ3v) is 6.21. The molecule has 0 saturated heterocycles. The Morgan fingerprint density at radius 1 is 0.520 bits per heavy atom. The summed E-state index contributed by atoms with van der Waals surface area (Å²) in [5.74, 6) is 5.83. The zero-order valence-corrected chi connectivity index (χ0v) is 38.0. The molecule has 0 heterocycles. The van der Waals surface area contributed by atoms with E-state index < -0.39 is 0 Å². The molecule has 306 valence electrons. The average Bonchev–Trinajstić information content (AvgIpc) is 2.99. The first kappa shape index (κ1) is 61.1. The van der Waals surface area contributed by atoms with Crippen molar-refractivity contribution >= 4 is 0 Å². The highest BCUT2D eigenvalue weighted by molar-refractivity contribution is 5.14. The third-order valence-electron chi connectivity index (χ3n) is 6.21. The van der Waals surface area contributed by atoms with E-state index in [1.807, 2.05) is 0 Å². The average molecular weight is 715 g/mol. The smallest absolute Gasteiger partial charge is 0.0822 e. The van der Waals surface area contributed by atoms with Crippen LogP contribution in [-0.4, -0.2) is 25.6 Å². The van der Waals surface area contributed by atoms with E-state index in [2.05, 4.69) is 165 Å². The molecule has 0 saturated carbocycles. The van der Waals surface area contributed by atoms with Gasteiger partial charge < -0.3 is 0 Å². The number of unbranched alkanes of at least 4 members (excludes halogenated alkanes) is 3. The topological polar surface area (TPSA) is 47.9 Å². The minimum Gasteiger partial charge on any atom is -0.252 e. The maximum atomic E-state index is 7.93. The van der Waals surface area contributed by atoms with Gasteiger partial charge in [-0.3, -0.25) is 5.26 Å². The van der Waals surface area contributed by atoms with Gasteiger partial charge in [-0.15, -0.1) is 0 Å². The van der Waals surface area contributed by atoms with E-state index in [1.54, 1.807) is 7.11 Å². The van der Waals surface area contributed by atoms with Gasteiger partial charge in [-0.25, -0.2) is 14.7 Å². The first-order valence-electron chi connectivity index (χ1n) is 20.8. The summed E-state index contributed by atoms with van der Waals surface area (Å²) in [6, 6.07) is 10.6. The molecule has 1 N–H and O–H groups in total. The van der Waals surface area contributed by atoms with Crippen molar-refractivity contribution < 1.29 is 19.9 Å². The van der Waals surface area contributed by atoms with Crippen molar-refractivity contribution in [3.63, 3.8) is 0 Å². The Kier molecular flexibility index (Phi) is 64.1. The fraction of sp³-hybridized carbons (Fsp3) is 0.870. The molecule has 0 radical (unpaired) electrons. The van der Waals surface area contributed by atoms with Gasteiger partial charge in [-0.05, 0) is 72.7 Å². The van der Waals surface area contributed by atoms with Crippen molar-refractivity contribution in [1.82, 2.24) is 0 Å². The first-order chi connectivity index (χ1) is 23.4. The van der Waals surface area contributed by atoms with Crippen LogP contribution < -0.4 is 0 Å². The van der Waals surface area contributed by atoms with Crippen LogP contribution in [0.1, 0.15) is 201 Å². The van der Waals surface area contributed by atoms with Gasteiger partial charge in [0, 0.05) is 0 Å². The standard InChI is InChI=1S/C10H14.C8H18O2.C7H16O2.2C7H16.C4H10.C3H8/c1-9(2)8-10-6-4-3-5-7-10;1-8(2)6-4-5-7-10-9-3;1-7(2)5-3-4-6-9-8;1-6(2)5-7(3)4;1-4-5-6-7(2)3;1-4(2)3;1-3-2/h3-7,9H,8H2,1-2H3;8H,4-7H2,1-3H3;7-8H,3-6H2,1-2H3;6-7H,5H2,1-4H3;7H,4-6H2,1-3H3;4H,1-3H3;3H2,1-2H3. The highest BCUT2D eigenvalue weighted by Crippen LogP contribution is 2.09. The maximum Gasteiger partial charge on any atom is 0.0822 e. The molecule has 0 atom stereocenters. The Bertz CT molecular complexity index is 630. The van der Waals surface area contributed by atoms with Crippen LogP contribution >= 0.6 is 0 Å². The van der Waals surface area contributed by atoms with Crippen molar-refractivity contribution in [2.24, 2.45) is 41.4 Å². The number of benzene rings is 1. The van der Waals surface area contributed by atoms with Gasteiger partial charge in [0.15, 0.2) is 0 Å². The van der Waals surface area contributed by atoms with Crippen LogP contribution in [0.2, 0.25) is 0 Å². The van der Waals surface area contributed by atoms with Gasteiger partial charge in [0.05, 0.1) is 20.3 Å². The summed E-state index contributed by atoms with van der Waals surface area (Å²) in [7, 11) is 1.54. The second kappa shape index (κ2) is 52.4. The van der Waals surface area contributed by atoms with Gasteiger partial charge in [0.2, 0.25) is 0 Å². The van der Waals surface area contributed by atoms with Gasteiger partial charge in [0.1, 0.15) is 0 Å². The Morgan fingerprint density at radius 2 is 0.900 bits per heavy atom. The van der Waals surface area contributed by atoms with Gasteiger partial charge in [-0.1, -0.05) is 206 Å². The molecule has 0 spiro atoms. The Morgan fingerprint density at radius 3 is 1.16 bits per heavy atom. The lowest BCUT2D eigenvalue weighted by atomic mass is 10.0. The summed E-state index contributed by atoms with van der Waals surface area (Å²) in [5, 5.41) is 7.93. The normalized spacial score (nSPS) is 10.2. The summed E-state index contributed by atoms with van der Waals surface area (Å²) in [6.45, 7) is 41.1. The molecule has 0 aliphatic carbocycles. The maximum absolute atomic E-state index is 7.93. The summed E-state index contributed by atoms with van der Waals surface area (Å²) < 4.78 is 0. The molecule has 1 rings (SSSR count). The summed E-state index contributed by atoms with van der Waals surface area (Å²) in [5.41, 5.74) is 1.44. The molecule has 1 aromatic rings. The summed E-state index contributed by atoms with van der Waals surface area (Å²) in [4.78, 5) is 13.1. The summed E-state index contributed by atoms with van der Waals surface area (Å²) >= 11 is 0. The van der Waals surface area contributed by atoms with Crippen LogP contribution in [0.25, 0.3) is 0 Å². The summed E-state index contributed by atoms with van der Waals surface area (Å²) in [6.07, 6.45) is 14.9. The van der Waals surface area contributed by atoms with Crippen molar-refractivity contribution in [1.29, 1.82) is 0 Å². The van der Waals surface area contributed by atoms with E-state index in [1.165, 1.54) is 63.4 Å². The van der Waals surface area contributed by atoms with Crippen LogP contribution in [0.3, 0.4) is 0 Å². The molecule has 0 aliphatic heterocycles. The Labute approximate surface area is 318 Å². The zero-order chi connectivity index (χ0) is 40.2. The molecular formula is C46H98O4. The zero-order valence-electron chi connectivity index (χ0n) is 38.0. The van der Waals surface area contributed by atoms with Crippen molar-refractivity contribution in [3.8, 4) is 0 Å². The van der Waals surface area contributed by atoms with Crippen LogP contribution in [-0.2, 0) is 21.1 Å². The molecule has 0 unspecified atom stereocenters. The second-order valence-corrected chi connectivity index (χ2v) is 16.7. The fourth-order valence-corrected chi connectivity index (χ4v) is 4.16. The molecule has 50 heavy (non-hydrogen) atoms. The lowest BCUT2D eigenvalue weighted by Gasteiger charge is -2.05. The van der Waals surface area contributed by atoms with E-state index in [0.29, 0.717) is 6.61 Å². The second-order valence-electron chi connectivity index (χ2n) is 16.7. The van der Waals surface area contributed by atoms with Crippen LogP contribution in [0.4, 0.5) is 0 Å². The monoisotopic (exact) mass is 715 g/mol. The molecule has 1 aromatic carbocycles. The van der Waals surface area contributed by atoms with Gasteiger partial charge >= 0.3 is 0 Å². The predicted molar refractivity (Wildman–Crippen MR) is 229 cm³/mol.